The molecule has 0 aromatic carbocycles. The van der Waals surface area contributed by atoms with E-state index in [9.17, 15) is 0 Å². The van der Waals surface area contributed by atoms with Crippen LogP contribution in [0.4, 0.5) is 5.13 Å². The topological polar surface area (TPSA) is 59.9 Å². The van der Waals surface area contributed by atoms with Crippen LogP contribution in [0.5, 0.6) is 0 Å². The van der Waals surface area contributed by atoms with Gasteiger partial charge in [0.15, 0.2) is 4.34 Å². The first-order valence-corrected chi connectivity index (χ1v) is 8.90. The van der Waals surface area contributed by atoms with Gasteiger partial charge in [-0.1, -0.05) is 34.7 Å². The van der Waals surface area contributed by atoms with Crippen LogP contribution in [0.25, 0.3) is 0 Å². The molecular weight excluding hydrogens is 328 g/mol. The molecule has 1 saturated heterocycles. The number of halogens is 1. The Kier molecular flexibility index (Phi) is 5.29. The summed E-state index contributed by atoms with van der Waals surface area (Å²) < 4.78 is 6.50. The Morgan fingerprint density at radius 2 is 2.38 bits per heavy atom. The van der Waals surface area contributed by atoms with E-state index in [4.69, 9.17) is 16.3 Å². The van der Waals surface area contributed by atoms with Crippen LogP contribution in [-0.2, 0) is 10.5 Å². The van der Waals surface area contributed by atoms with Gasteiger partial charge in [0.05, 0.1) is 16.8 Å². The van der Waals surface area contributed by atoms with E-state index >= 15 is 0 Å². The SMILES string of the molecule is Clc1ccc(CSc2nnc(NC[C@@H]3CCCO3)s2)nc1. The summed E-state index contributed by atoms with van der Waals surface area (Å²) >= 11 is 9.00. The van der Waals surface area contributed by atoms with Gasteiger partial charge >= 0.3 is 0 Å². The number of anilines is 1. The second-order valence-electron chi connectivity index (χ2n) is 4.65. The number of nitrogens with zero attached hydrogens (tertiary/aromatic N) is 3. The van der Waals surface area contributed by atoms with E-state index in [0.29, 0.717) is 11.1 Å². The predicted octanol–water partition coefficient (Wildman–Crippen LogP) is 3.47. The standard InChI is InChI=1S/C13H15ClN4OS2/c14-9-3-4-10(15-6-9)8-20-13-18-17-12(21-13)16-7-11-2-1-5-19-11/h3-4,6,11H,1-2,5,7-8H2,(H,16,17)/t11-/m0/s1. The Balaban J connectivity index is 1.46. The van der Waals surface area contributed by atoms with Crippen LogP contribution in [0.2, 0.25) is 5.02 Å². The van der Waals surface area contributed by atoms with Crippen molar-refractivity contribution in [2.45, 2.75) is 29.0 Å². The second-order valence-corrected chi connectivity index (χ2v) is 7.28. The van der Waals surface area contributed by atoms with Crippen molar-refractivity contribution < 1.29 is 4.74 Å². The molecule has 2 aromatic heterocycles. The molecule has 8 heteroatoms. The maximum Gasteiger partial charge on any atom is 0.206 e. The molecule has 0 bridgehead atoms. The maximum absolute atomic E-state index is 5.81. The lowest BCUT2D eigenvalue weighted by Gasteiger charge is -2.08. The Morgan fingerprint density at radius 1 is 1.43 bits per heavy atom. The minimum Gasteiger partial charge on any atom is -0.376 e. The molecule has 21 heavy (non-hydrogen) atoms. The summed E-state index contributed by atoms with van der Waals surface area (Å²) in [6.45, 7) is 1.68. The quantitative estimate of drug-likeness (QED) is 0.811. The maximum atomic E-state index is 5.81. The summed E-state index contributed by atoms with van der Waals surface area (Å²) in [5, 5.41) is 13.1. The van der Waals surface area contributed by atoms with Crippen LogP contribution in [0.3, 0.4) is 0 Å². The third-order valence-corrected chi connectivity index (χ3v) is 5.32. The van der Waals surface area contributed by atoms with Crippen molar-refractivity contribution in [1.29, 1.82) is 0 Å². The van der Waals surface area contributed by atoms with Gasteiger partial charge in [-0.25, -0.2) is 0 Å². The highest BCUT2D eigenvalue weighted by atomic mass is 35.5. The largest absolute Gasteiger partial charge is 0.376 e. The highest BCUT2D eigenvalue weighted by Crippen LogP contribution is 2.28. The second kappa shape index (κ2) is 7.40. The Morgan fingerprint density at radius 3 is 3.14 bits per heavy atom. The fourth-order valence-corrected chi connectivity index (χ4v) is 3.76. The first-order valence-electron chi connectivity index (χ1n) is 6.72. The fraction of sp³-hybridized carbons (Fsp3) is 0.462. The Bertz CT molecular complexity index is 572. The number of rotatable bonds is 6. The molecule has 1 N–H and O–H groups in total. The van der Waals surface area contributed by atoms with Gasteiger partial charge in [0.1, 0.15) is 0 Å². The van der Waals surface area contributed by atoms with E-state index in [1.807, 2.05) is 12.1 Å². The molecule has 0 radical (unpaired) electrons. The summed E-state index contributed by atoms with van der Waals surface area (Å²) in [6, 6.07) is 3.77. The lowest BCUT2D eigenvalue weighted by molar-refractivity contribution is 0.120. The summed E-state index contributed by atoms with van der Waals surface area (Å²) in [5.41, 5.74) is 0.980. The van der Waals surface area contributed by atoms with Crippen molar-refractivity contribution in [2.24, 2.45) is 0 Å². The smallest absolute Gasteiger partial charge is 0.206 e. The van der Waals surface area contributed by atoms with Gasteiger partial charge < -0.3 is 10.1 Å². The van der Waals surface area contributed by atoms with Crippen LogP contribution in [0, 0.1) is 0 Å². The molecule has 0 saturated carbocycles. The molecule has 1 fully saturated rings. The van der Waals surface area contributed by atoms with Crippen LogP contribution in [0.1, 0.15) is 18.5 Å². The average Bonchev–Trinajstić information content (AvgIpc) is 3.16. The molecule has 3 heterocycles. The number of pyridine rings is 1. The number of nitrogens with one attached hydrogen (secondary N) is 1. The summed E-state index contributed by atoms with van der Waals surface area (Å²) in [6.07, 6.45) is 4.24. The van der Waals surface area contributed by atoms with E-state index in [0.717, 1.165) is 46.9 Å². The lowest BCUT2D eigenvalue weighted by atomic mass is 10.2. The molecule has 3 rings (SSSR count). The number of hydrogen-bond donors (Lipinski definition) is 1. The molecular formula is C13H15ClN4OS2. The Labute approximate surface area is 136 Å². The van der Waals surface area contributed by atoms with Gasteiger partial charge in [0.2, 0.25) is 5.13 Å². The molecule has 1 atom stereocenters. The van der Waals surface area contributed by atoms with E-state index in [1.54, 1.807) is 29.3 Å². The van der Waals surface area contributed by atoms with Gasteiger partial charge in [0, 0.05) is 25.1 Å². The zero-order valence-electron chi connectivity index (χ0n) is 11.3. The lowest BCUT2D eigenvalue weighted by Crippen LogP contribution is -2.18. The van der Waals surface area contributed by atoms with Crippen molar-refractivity contribution in [3.8, 4) is 0 Å². The normalized spacial score (nSPS) is 18.0. The summed E-state index contributed by atoms with van der Waals surface area (Å²) in [5.74, 6) is 0.761. The number of hydrogen-bond acceptors (Lipinski definition) is 7. The van der Waals surface area contributed by atoms with Crippen LogP contribution in [-0.4, -0.2) is 34.4 Å². The van der Waals surface area contributed by atoms with Crippen molar-refractivity contribution in [1.82, 2.24) is 15.2 Å². The minimum absolute atomic E-state index is 0.309. The number of ether oxygens (including phenoxy) is 1. The summed E-state index contributed by atoms with van der Waals surface area (Å²) in [7, 11) is 0. The van der Waals surface area contributed by atoms with Crippen LogP contribution in [0.15, 0.2) is 22.7 Å². The van der Waals surface area contributed by atoms with E-state index < -0.39 is 0 Å². The first-order chi connectivity index (χ1) is 10.3. The van der Waals surface area contributed by atoms with Gasteiger partial charge in [-0.3, -0.25) is 4.98 Å². The molecule has 0 unspecified atom stereocenters. The third kappa shape index (κ3) is 4.54. The van der Waals surface area contributed by atoms with Crippen LogP contribution < -0.4 is 5.32 Å². The van der Waals surface area contributed by atoms with Crippen LogP contribution >= 0.6 is 34.7 Å². The van der Waals surface area contributed by atoms with Crippen molar-refractivity contribution in [2.75, 3.05) is 18.5 Å². The summed E-state index contributed by atoms with van der Waals surface area (Å²) in [4.78, 5) is 4.26. The number of aromatic nitrogens is 3. The zero-order chi connectivity index (χ0) is 14.5. The van der Waals surface area contributed by atoms with Crippen molar-refractivity contribution in [3.05, 3.63) is 29.0 Å². The average molecular weight is 343 g/mol. The minimum atomic E-state index is 0.309. The van der Waals surface area contributed by atoms with Gasteiger partial charge in [-0.05, 0) is 25.0 Å². The molecule has 0 spiro atoms. The van der Waals surface area contributed by atoms with E-state index in [2.05, 4.69) is 20.5 Å². The van der Waals surface area contributed by atoms with Gasteiger partial charge in [-0.2, -0.15) is 0 Å². The van der Waals surface area contributed by atoms with Crippen molar-refractivity contribution in [3.63, 3.8) is 0 Å². The molecule has 5 nitrogen and oxygen atoms in total. The highest BCUT2D eigenvalue weighted by molar-refractivity contribution is 8.00. The van der Waals surface area contributed by atoms with E-state index in [-0.39, 0.29) is 0 Å². The zero-order valence-corrected chi connectivity index (χ0v) is 13.7. The monoisotopic (exact) mass is 342 g/mol. The predicted molar refractivity (Wildman–Crippen MR) is 86.2 cm³/mol. The van der Waals surface area contributed by atoms with E-state index in [1.165, 1.54) is 0 Å². The first kappa shape index (κ1) is 15.0. The molecule has 2 aromatic rings. The molecule has 0 amide bonds. The van der Waals surface area contributed by atoms with Gasteiger partial charge in [0.25, 0.3) is 0 Å². The van der Waals surface area contributed by atoms with Gasteiger partial charge in [-0.15, -0.1) is 10.2 Å². The molecule has 112 valence electrons. The fourth-order valence-electron chi connectivity index (χ4n) is 1.97. The molecule has 0 aliphatic carbocycles. The highest BCUT2D eigenvalue weighted by Gasteiger charge is 2.15. The molecule has 1 aliphatic rings. The number of thioether (sulfide) groups is 1. The molecule has 1 aliphatic heterocycles. The third-order valence-electron chi connectivity index (χ3n) is 3.04. The van der Waals surface area contributed by atoms with Crippen molar-refractivity contribution >= 4 is 39.8 Å². The Hall–Kier alpha value is -0.890.